The molecule has 0 aliphatic rings. The van der Waals surface area contributed by atoms with Gasteiger partial charge in [-0.1, -0.05) is 0 Å². The molecule has 2 amide bonds. The van der Waals surface area contributed by atoms with E-state index in [1.807, 2.05) is 6.92 Å². The third kappa shape index (κ3) is 4.02. The third-order valence-electron chi connectivity index (χ3n) is 2.39. The Bertz CT molecular complexity index is 571. The highest BCUT2D eigenvalue weighted by Crippen LogP contribution is 2.07. The fraction of sp³-hybridized carbons (Fsp3) is 0.154. The van der Waals surface area contributed by atoms with Crippen LogP contribution in [0, 0.1) is 12.7 Å². The zero-order chi connectivity index (χ0) is 13.7. The molecular formula is C13H13FN4O. The lowest BCUT2D eigenvalue weighted by molar-refractivity contribution is 0.251. The number of benzene rings is 1. The molecule has 2 aromatic rings. The van der Waals surface area contributed by atoms with Gasteiger partial charge in [-0.05, 0) is 37.3 Å². The number of urea groups is 1. The van der Waals surface area contributed by atoms with Crippen molar-refractivity contribution >= 4 is 11.7 Å². The van der Waals surface area contributed by atoms with Crippen LogP contribution in [0.3, 0.4) is 0 Å². The molecule has 98 valence electrons. The quantitative estimate of drug-likeness (QED) is 0.889. The second kappa shape index (κ2) is 5.90. The fourth-order valence-electron chi connectivity index (χ4n) is 1.49. The van der Waals surface area contributed by atoms with E-state index in [-0.39, 0.29) is 11.8 Å². The number of hydrogen-bond acceptors (Lipinski definition) is 3. The van der Waals surface area contributed by atoms with E-state index in [1.54, 1.807) is 6.07 Å². The number of nitrogens with one attached hydrogen (secondary N) is 2. The Hall–Kier alpha value is -2.50. The minimum Gasteiger partial charge on any atom is -0.332 e. The van der Waals surface area contributed by atoms with E-state index < -0.39 is 0 Å². The van der Waals surface area contributed by atoms with Crippen LogP contribution in [0.15, 0.2) is 36.7 Å². The minimum absolute atomic E-state index is 0.302. The molecule has 0 bridgehead atoms. The van der Waals surface area contributed by atoms with Crippen molar-refractivity contribution in [2.24, 2.45) is 0 Å². The first kappa shape index (κ1) is 12.9. The van der Waals surface area contributed by atoms with E-state index in [1.165, 1.54) is 30.6 Å². The molecule has 0 spiro atoms. The second-order valence-electron chi connectivity index (χ2n) is 3.97. The number of rotatable bonds is 3. The van der Waals surface area contributed by atoms with Crippen LogP contribution >= 0.6 is 0 Å². The summed E-state index contributed by atoms with van der Waals surface area (Å²) in [5.74, 6) is -0.345. The number of anilines is 1. The van der Waals surface area contributed by atoms with Gasteiger partial charge in [-0.25, -0.2) is 19.2 Å². The van der Waals surface area contributed by atoms with Gasteiger partial charge < -0.3 is 10.6 Å². The van der Waals surface area contributed by atoms with Crippen LogP contribution in [-0.2, 0) is 6.54 Å². The topological polar surface area (TPSA) is 66.9 Å². The maximum Gasteiger partial charge on any atom is 0.319 e. The summed E-state index contributed by atoms with van der Waals surface area (Å²) >= 11 is 0. The smallest absolute Gasteiger partial charge is 0.319 e. The number of aryl methyl sites for hydroxylation is 1. The van der Waals surface area contributed by atoms with Crippen molar-refractivity contribution in [2.75, 3.05) is 5.32 Å². The van der Waals surface area contributed by atoms with Crippen LogP contribution in [0.5, 0.6) is 0 Å². The van der Waals surface area contributed by atoms with E-state index in [0.29, 0.717) is 12.2 Å². The van der Waals surface area contributed by atoms with Gasteiger partial charge in [-0.15, -0.1) is 0 Å². The first-order valence-electron chi connectivity index (χ1n) is 5.71. The van der Waals surface area contributed by atoms with Gasteiger partial charge in [0.15, 0.2) is 0 Å². The molecule has 1 heterocycles. The monoisotopic (exact) mass is 260 g/mol. The molecule has 1 aromatic heterocycles. The zero-order valence-electron chi connectivity index (χ0n) is 10.4. The maximum atomic E-state index is 12.7. The lowest BCUT2D eigenvalue weighted by atomic mass is 10.3. The van der Waals surface area contributed by atoms with Gasteiger partial charge in [0.25, 0.3) is 0 Å². The summed E-state index contributed by atoms with van der Waals surface area (Å²) in [5.41, 5.74) is 2.09. The van der Waals surface area contributed by atoms with Crippen molar-refractivity contribution in [3.05, 3.63) is 53.9 Å². The molecule has 2 rings (SSSR count). The van der Waals surface area contributed by atoms with Crippen LogP contribution in [0.2, 0.25) is 0 Å². The van der Waals surface area contributed by atoms with Crippen molar-refractivity contribution < 1.29 is 9.18 Å². The summed E-state index contributed by atoms with van der Waals surface area (Å²) in [6.07, 6.45) is 1.45. The molecular weight excluding hydrogens is 247 g/mol. The molecule has 0 atom stereocenters. The van der Waals surface area contributed by atoms with E-state index in [4.69, 9.17) is 0 Å². The zero-order valence-corrected chi connectivity index (χ0v) is 10.4. The highest BCUT2D eigenvalue weighted by molar-refractivity contribution is 5.89. The predicted octanol–water partition coefficient (Wildman–Crippen LogP) is 2.25. The van der Waals surface area contributed by atoms with Gasteiger partial charge in [0.05, 0.1) is 12.2 Å². The van der Waals surface area contributed by atoms with Crippen molar-refractivity contribution in [1.29, 1.82) is 0 Å². The van der Waals surface area contributed by atoms with Crippen LogP contribution in [0.25, 0.3) is 0 Å². The van der Waals surface area contributed by atoms with Gasteiger partial charge in [0.1, 0.15) is 12.1 Å². The molecule has 0 saturated heterocycles. The Morgan fingerprint density at radius 1 is 1.26 bits per heavy atom. The van der Waals surface area contributed by atoms with Gasteiger partial charge >= 0.3 is 6.03 Å². The SMILES string of the molecule is Cc1cc(CNC(=O)Nc2ccc(F)cc2)ncn1. The lowest BCUT2D eigenvalue weighted by Gasteiger charge is -2.07. The van der Waals surface area contributed by atoms with Gasteiger partial charge in [0, 0.05) is 11.4 Å². The highest BCUT2D eigenvalue weighted by atomic mass is 19.1. The van der Waals surface area contributed by atoms with E-state index >= 15 is 0 Å². The molecule has 0 aliphatic heterocycles. The van der Waals surface area contributed by atoms with E-state index in [2.05, 4.69) is 20.6 Å². The molecule has 0 saturated carbocycles. The number of hydrogen-bond donors (Lipinski definition) is 2. The number of amides is 2. The predicted molar refractivity (Wildman–Crippen MR) is 69.0 cm³/mol. The summed E-state index contributed by atoms with van der Waals surface area (Å²) in [5, 5.41) is 5.25. The molecule has 0 unspecified atom stereocenters. The Labute approximate surface area is 109 Å². The Morgan fingerprint density at radius 3 is 2.68 bits per heavy atom. The lowest BCUT2D eigenvalue weighted by Crippen LogP contribution is -2.28. The summed E-state index contributed by atoms with van der Waals surface area (Å²) in [6.45, 7) is 2.15. The molecule has 6 heteroatoms. The van der Waals surface area contributed by atoms with Crippen molar-refractivity contribution in [1.82, 2.24) is 15.3 Å². The molecule has 1 aromatic carbocycles. The molecule has 0 aliphatic carbocycles. The average molecular weight is 260 g/mol. The minimum atomic E-state index is -0.372. The first-order valence-corrected chi connectivity index (χ1v) is 5.71. The summed E-state index contributed by atoms with van der Waals surface area (Å²) in [7, 11) is 0. The number of aromatic nitrogens is 2. The van der Waals surface area contributed by atoms with Crippen LogP contribution in [0.4, 0.5) is 14.9 Å². The normalized spacial score (nSPS) is 10.0. The number of halogens is 1. The molecule has 0 fully saturated rings. The standard InChI is InChI=1S/C13H13FN4O/c1-9-6-12(17-8-16-9)7-15-13(19)18-11-4-2-10(14)3-5-11/h2-6,8H,7H2,1H3,(H2,15,18,19). The number of carbonyl (C=O) groups is 1. The first-order chi connectivity index (χ1) is 9.13. The van der Waals surface area contributed by atoms with Crippen LogP contribution < -0.4 is 10.6 Å². The van der Waals surface area contributed by atoms with E-state index in [0.717, 1.165) is 11.4 Å². The number of carbonyl (C=O) groups excluding carboxylic acids is 1. The Balaban J connectivity index is 1.86. The second-order valence-corrected chi connectivity index (χ2v) is 3.97. The highest BCUT2D eigenvalue weighted by Gasteiger charge is 2.02. The van der Waals surface area contributed by atoms with Crippen molar-refractivity contribution in [3.63, 3.8) is 0 Å². The molecule has 5 nitrogen and oxygen atoms in total. The summed E-state index contributed by atoms with van der Waals surface area (Å²) < 4.78 is 12.7. The van der Waals surface area contributed by atoms with Crippen LogP contribution in [0.1, 0.15) is 11.4 Å². The maximum absolute atomic E-state index is 12.7. The van der Waals surface area contributed by atoms with Crippen molar-refractivity contribution in [3.8, 4) is 0 Å². The van der Waals surface area contributed by atoms with Gasteiger partial charge in [-0.3, -0.25) is 0 Å². The summed E-state index contributed by atoms with van der Waals surface area (Å²) in [4.78, 5) is 19.6. The fourth-order valence-corrected chi connectivity index (χ4v) is 1.49. The molecule has 2 N–H and O–H groups in total. The van der Waals surface area contributed by atoms with E-state index in [9.17, 15) is 9.18 Å². The van der Waals surface area contributed by atoms with Gasteiger partial charge in [-0.2, -0.15) is 0 Å². The summed E-state index contributed by atoms with van der Waals surface area (Å²) in [6, 6.07) is 6.96. The average Bonchev–Trinajstić information content (AvgIpc) is 2.39. The Kier molecular flexibility index (Phi) is 4.02. The largest absolute Gasteiger partial charge is 0.332 e. The molecule has 0 radical (unpaired) electrons. The van der Waals surface area contributed by atoms with Gasteiger partial charge in [0.2, 0.25) is 0 Å². The third-order valence-corrected chi connectivity index (χ3v) is 2.39. The van der Waals surface area contributed by atoms with Crippen molar-refractivity contribution in [2.45, 2.75) is 13.5 Å². The number of nitrogens with zero attached hydrogens (tertiary/aromatic N) is 2. The Morgan fingerprint density at radius 2 is 2.00 bits per heavy atom. The van der Waals surface area contributed by atoms with Crippen LogP contribution in [-0.4, -0.2) is 16.0 Å². The molecule has 19 heavy (non-hydrogen) atoms.